The Bertz CT molecular complexity index is 729. The van der Waals surface area contributed by atoms with E-state index in [-0.39, 0.29) is 17.7 Å². The molecule has 1 N–H and O–H groups in total. The molecule has 1 atom stereocenters. The van der Waals surface area contributed by atoms with Crippen LogP contribution in [0, 0.1) is 0 Å². The molecule has 1 aromatic carbocycles. The number of nitrogens with one attached hydrogen (secondary N) is 1. The average molecular weight is 344 g/mol. The number of benzene rings is 1. The van der Waals surface area contributed by atoms with Crippen LogP contribution < -0.4 is 5.32 Å². The molecule has 2 amide bonds. The zero-order chi connectivity index (χ0) is 17.1. The first kappa shape index (κ1) is 16.6. The fourth-order valence-electron chi connectivity index (χ4n) is 2.74. The lowest BCUT2D eigenvalue weighted by molar-refractivity contribution is -0.119. The Morgan fingerprint density at radius 3 is 2.67 bits per heavy atom. The molecule has 3 rings (SSSR count). The number of rotatable bonds is 4. The summed E-state index contributed by atoms with van der Waals surface area (Å²) >= 11 is 1.38. The standard InChI is InChI=1S/C17H20N4O2S/c1-11(2)15-19-20-17(24-15)18-14(22)13-9-6-10-21(13)16(23)12-7-4-3-5-8-12/h3-5,7-8,11,13H,6,9-10H2,1-2H3,(H,18,20,22). The molecule has 2 heterocycles. The van der Waals surface area contributed by atoms with Gasteiger partial charge in [-0.15, -0.1) is 10.2 Å². The molecule has 0 radical (unpaired) electrons. The van der Waals surface area contributed by atoms with Crippen molar-refractivity contribution in [3.8, 4) is 0 Å². The number of likely N-dealkylation sites (tertiary alicyclic amines) is 1. The molecule has 6 nitrogen and oxygen atoms in total. The van der Waals surface area contributed by atoms with Crippen LogP contribution in [0.1, 0.15) is 48.0 Å². The van der Waals surface area contributed by atoms with Gasteiger partial charge in [0.1, 0.15) is 11.0 Å². The Morgan fingerprint density at radius 1 is 1.25 bits per heavy atom. The Balaban J connectivity index is 1.70. The molecule has 1 aliphatic heterocycles. The summed E-state index contributed by atoms with van der Waals surface area (Å²) in [5.41, 5.74) is 0.607. The molecule has 0 bridgehead atoms. The third kappa shape index (κ3) is 3.46. The highest BCUT2D eigenvalue weighted by atomic mass is 32.1. The highest BCUT2D eigenvalue weighted by Gasteiger charge is 2.34. The Kier molecular flexibility index (Phi) is 4.89. The number of hydrogen-bond donors (Lipinski definition) is 1. The summed E-state index contributed by atoms with van der Waals surface area (Å²) in [5, 5.41) is 12.3. The molecule has 1 aromatic heterocycles. The number of carbonyl (C=O) groups excluding carboxylic acids is 2. The topological polar surface area (TPSA) is 75.2 Å². The van der Waals surface area contributed by atoms with E-state index in [0.717, 1.165) is 11.4 Å². The van der Waals surface area contributed by atoms with Crippen molar-refractivity contribution in [2.75, 3.05) is 11.9 Å². The average Bonchev–Trinajstić information content (AvgIpc) is 3.24. The van der Waals surface area contributed by atoms with Crippen molar-refractivity contribution >= 4 is 28.3 Å². The molecule has 0 saturated carbocycles. The van der Waals surface area contributed by atoms with Crippen LogP contribution in [0.25, 0.3) is 0 Å². The molecule has 1 unspecified atom stereocenters. The second kappa shape index (κ2) is 7.09. The van der Waals surface area contributed by atoms with Gasteiger partial charge < -0.3 is 4.90 Å². The number of anilines is 1. The molecule has 1 fully saturated rings. The lowest BCUT2D eigenvalue weighted by atomic mass is 10.1. The molecule has 126 valence electrons. The van der Waals surface area contributed by atoms with E-state index in [1.54, 1.807) is 17.0 Å². The van der Waals surface area contributed by atoms with Crippen molar-refractivity contribution in [3.05, 3.63) is 40.9 Å². The van der Waals surface area contributed by atoms with Crippen molar-refractivity contribution in [1.29, 1.82) is 0 Å². The van der Waals surface area contributed by atoms with Gasteiger partial charge in [-0.25, -0.2) is 0 Å². The van der Waals surface area contributed by atoms with Gasteiger partial charge in [-0.3, -0.25) is 14.9 Å². The monoisotopic (exact) mass is 344 g/mol. The number of amides is 2. The molecule has 7 heteroatoms. The van der Waals surface area contributed by atoms with E-state index in [1.165, 1.54) is 11.3 Å². The van der Waals surface area contributed by atoms with Crippen molar-refractivity contribution < 1.29 is 9.59 Å². The first-order valence-electron chi connectivity index (χ1n) is 8.06. The van der Waals surface area contributed by atoms with E-state index in [0.29, 0.717) is 23.7 Å². The van der Waals surface area contributed by atoms with E-state index < -0.39 is 6.04 Å². The van der Waals surface area contributed by atoms with Gasteiger partial charge in [0, 0.05) is 18.0 Å². The minimum absolute atomic E-state index is 0.103. The van der Waals surface area contributed by atoms with E-state index in [4.69, 9.17) is 0 Å². The van der Waals surface area contributed by atoms with E-state index >= 15 is 0 Å². The van der Waals surface area contributed by atoms with Crippen LogP contribution in [0.5, 0.6) is 0 Å². The van der Waals surface area contributed by atoms with Gasteiger partial charge in [0.2, 0.25) is 11.0 Å². The first-order chi connectivity index (χ1) is 11.6. The molecular weight excluding hydrogens is 324 g/mol. The van der Waals surface area contributed by atoms with Gasteiger partial charge in [-0.2, -0.15) is 0 Å². The van der Waals surface area contributed by atoms with Crippen molar-refractivity contribution in [3.63, 3.8) is 0 Å². The van der Waals surface area contributed by atoms with Crippen LogP contribution in [0.2, 0.25) is 0 Å². The lowest BCUT2D eigenvalue weighted by Crippen LogP contribution is -2.43. The number of hydrogen-bond acceptors (Lipinski definition) is 5. The second-order valence-electron chi connectivity index (χ2n) is 6.11. The smallest absolute Gasteiger partial charge is 0.254 e. The number of nitrogens with zero attached hydrogens (tertiary/aromatic N) is 3. The molecular formula is C17H20N4O2S. The van der Waals surface area contributed by atoms with Crippen LogP contribution in [0.4, 0.5) is 5.13 Å². The van der Waals surface area contributed by atoms with Crippen molar-refractivity contribution in [2.24, 2.45) is 0 Å². The summed E-state index contributed by atoms with van der Waals surface area (Å²) in [7, 11) is 0. The van der Waals surface area contributed by atoms with Crippen LogP contribution >= 0.6 is 11.3 Å². The van der Waals surface area contributed by atoms with Crippen LogP contribution in [0.15, 0.2) is 30.3 Å². The maximum atomic E-state index is 12.6. The van der Waals surface area contributed by atoms with Crippen molar-refractivity contribution in [2.45, 2.75) is 38.6 Å². The molecule has 0 spiro atoms. The third-order valence-electron chi connectivity index (χ3n) is 4.00. The van der Waals surface area contributed by atoms with Gasteiger partial charge >= 0.3 is 0 Å². The zero-order valence-corrected chi connectivity index (χ0v) is 14.5. The van der Waals surface area contributed by atoms with Crippen LogP contribution in [-0.2, 0) is 4.79 Å². The predicted octanol–water partition coefficient (Wildman–Crippen LogP) is 2.90. The quantitative estimate of drug-likeness (QED) is 0.925. The zero-order valence-electron chi connectivity index (χ0n) is 13.7. The molecule has 2 aromatic rings. The molecule has 1 saturated heterocycles. The first-order valence-corrected chi connectivity index (χ1v) is 8.88. The fraction of sp³-hybridized carbons (Fsp3) is 0.412. The molecule has 0 aliphatic carbocycles. The van der Waals surface area contributed by atoms with E-state index in [1.807, 2.05) is 32.0 Å². The SMILES string of the molecule is CC(C)c1nnc(NC(=O)C2CCCN2C(=O)c2ccccc2)s1. The third-order valence-corrected chi connectivity index (χ3v) is 5.14. The minimum atomic E-state index is -0.455. The molecule has 24 heavy (non-hydrogen) atoms. The maximum absolute atomic E-state index is 12.6. The minimum Gasteiger partial charge on any atom is -0.327 e. The maximum Gasteiger partial charge on any atom is 0.254 e. The number of aromatic nitrogens is 2. The van der Waals surface area contributed by atoms with Crippen LogP contribution in [-0.4, -0.2) is 39.5 Å². The highest BCUT2D eigenvalue weighted by molar-refractivity contribution is 7.15. The van der Waals surface area contributed by atoms with Gasteiger partial charge in [-0.05, 0) is 25.0 Å². The van der Waals surface area contributed by atoms with E-state index in [2.05, 4.69) is 15.5 Å². The summed E-state index contributed by atoms with van der Waals surface area (Å²) < 4.78 is 0. The Hall–Kier alpha value is -2.28. The summed E-state index contributed by atoms with van der Waals surface area (Å²) in [6.45, 7) is 4.66. The Morgan fingerprint density at radius 2 is 2.00 bits per heavy atom. The van der Waals surface area contributed by atoms with Gasteiger partial charge in [0.15, 0.2) is 0 Å². The molecule has 1 aliphatic rings. The van der Waals surface area contributed by atoms with Crippen LogP contribution in [0.3, 0.4) is 0 Å². The lowest BCUT2D eigenvalue weighted by Gasteiger charge is -2.23. The summed E-state index contributed by atoms with van der Waals surface area (Å²) in [4.78, 5) is 26.9. The summed E-state index contributed by atoms with van der Waals surface area (Å²) in [6.07, 6.45) is 1.49. The van der Waals surface area contributed by atoms with Gasteiger partial charge in [-0.1, -0.05) is 43.4 Å². The Labute approximate surface area is 144 Å². The van der Waals surface area contributed by atoms with Gasteiger partial charge in [0.25, 0.3) is 5.91 Å². The summed E-state index contributed by atoms with van der Waals surface area (Å²) in [5.74, 6) is -0.0209. The fourth-order valence-corrected chi connectivity index (χ4v) is 3.48. The largest absolute Gasteiger partial charge is 0.327 e. The second-order valence-corrected chi connectivity index (χ2v) is 7.12. The van der Waals surface area contributed by atoms with Gasteiger partial charge in [0.05, 0.1) is 0 Å². The predicted molar refractivity (Wildman–Crippen MR) is 93.1 cm³/mol. The summed E-state index contributed by atoms with van der Waals surface area (Å²) in [6, 6.07) is 8.61. The van der Waals surface area contributed by atoms with E-state index in [9.17, 15) is 9.59 Å². The number of carbonyl (C=O) groups is 2. The normalized spacial score (nSPS) is 17.3. The van der Waals surface area contributed by atoms with Crippen molar-refractivity contribution in [1.82, 2.24) is 15.1 Å². The highest BCUT2D eigenvalue weighted by Crippen LogP contribution is 2.25.